The third kappa shape index (κ3) is 2.00. The van der Waals surface area contributed by atoms with E-state index < -0.39 is 5.60 Å². The van der Waals surface area contributed by atoms with Crippen molar-refractivity contribution in [3.05, 3.63) is 28.8 Å². The van der Waals surface area contributed by atoms with Crippen molar-refractivity contribution in [3.8, 4) is 5.75 Å². The maximum Gasteiger partial charge on any atom is 0.125 e. The van der Waals surface area contributed by atoms with Gasteiger partial charge in [-0.15, -0.1) is 0 Å². The average Bonchev–Trinajstić information content (AvgIpc) is 2.91. The lowest BCUT2D eigenvalue weighted by Gasteiger charge is -2.16. The van der Waals surface area contributed by atoms with E-state index in [1.165, 1.54) is 5.56 Å². The molecule has 1 aromatic carbocycles. The van der Waals surface area contributed by atoms with Gasteiger partial charge in [-0.3, -0.25) is 0 Å². The van der Waals surface area contributed by atoms with Crippen molar-refractivity contribution >= 4 is 0 Å². The van der Waals surface area contributed by atoms with E-state index in [1.54, 1.807) is 7.11 Å². The van der Waals surface area contributed by atoms with E-state index in [1.807, 2.05) is 6.92 Å². The minimum absolute atomic E-state index is 0.453. The molecule has 0 atom stereocenters. The van der Waals surface area contributed by atoms with Crippen LogP contribution in [0, 0.1) is 13.8 Å². The minimum atomic E-state index is -0.453. The van der Waals surface area contributed by atoms with Gasteiger partial charge in [-0.2, -0.15) is 0 Å². The highest BCUT2D eigenvalue weighted by atomic mass is 16.5. The van der Waals surface area contributed by atoms with Crippen molar-refractivity contribution in [2.75, 3.05) is 7.11 Å². The molecule has 1 N–H and O–H groups in total. The Kier molecular flexibility index (Phi) is 2.47. The molecule has 0 saturated heterocycles. The third-order valence-electron chi connectivity index (χ3n) is 3.23. The van der Waals surface area contributed by atoms with Crippen molar-refractivity contribution in [1.82, 2.24) is 0 Å². The van der Waals surface area contributed by atoms with Gasteiger partial charge in [0.1, 0.15) is 5.75 Å². The van der Waals surface area contributed by atoms with E-state index >= 15 is 0 Å². The number of aliphatic hydroxyl groups is 1. The molecule has 2 nitrogen and oxygen atoms in total. The predicted octanol–water partition coefficient (Wildman–Crippen LogP) is 2.38. The van der Waals surface area contributed by atoms with Gasteiger partial charge in [0.15, 0.2) is 0 Å². The monoisotopic (exact) mass is 206 g/mol. The number of rotatable bonds is 3. The topological polar surface area (TPSA) is 29.5 Å². The van der Waals surface area contributed by atoms with Gasteiger partial charge in [0.25, 0.3) is 0 Å². The maximum atomic E-state index is 9.96. The summed E-state index contributed by atoms with van der Waals surface area (Å²) in [5, 5.41) is 9.96. The summed E-state index contributed by atoms with van der Waals surface area (Å²) in [5.74, 6) is 0.940. The van der Waals surface area contributed by atoms with Crippen LogP contribution in [0.1, 0.15) is 29.5 Å². The SMILES string of the molecule is COc1c(C)ccc(C)c1CC1(O)CC1. The molecule has 1 saturated carbocycles. The smallest absolute Gasteiger partial charge is 0.125 e. The highest BCUT2D eigenvalue weighted by Crippen LogP contribution is 2.41. The predicted molar refractivity (Wildman–Crippen MR) is 60.4 cm³/mol. The van der Waals surface area contributed by atoms with Crippen LogP contribution in [-0.2, 0) is 6.42 Å². The number of methoxy groups -OCH3 is 1. The van der Waals surface area contributed by atoms with Crippen molar-refractivity contribution in [2.24, 2.45) is 0 Å². The Balaban J connectivity index is 2.38. The molecule has 0 heterocycles. The molecule has 0 aliphatic heterocycles. The van der Waals surface area contributed by atoms with Gasteiger partial charge < -0.3 is 9.84 Å². The fourth-order valence-corrected chi connectivity index (χ4v) is 2.00. The second kappa shape index (κ2) is 3.53. The molecule has 0 amide bonds. The summed E-state index contributed by atoms with van der Waals surface area (Å²) >= 11 is 0. The molecule has 0 aromatic heterocycles. The third-order valence-corrected chi connectivity index (χ3v) is 3.23. The van der Waals surface area contributed by atoms with E-state index in [0.29, 0.717) is 0 Å². The summed E-state index contributed by atoms with van der Waals surface area (Å²) < 4.78 is 5.42. The molecule has 1 aliphatic rings. The van der Waals surface area contributed by atoms with Crippen molar-refractivity contribution < 1.29 is 9.84 Å². The Morgan fingerprint density at radius 3 is 2.40 bits per heavy atom. The minimum Gasteiger partial charge on any atom is -0.496 e. The number of benzene rings is 1. The largest absolute Gasteiger partial charge is 0.496 e. The van der Waals surface area contributed by atoms with Gasteiger partial charge in [0, 0.05) is 12.0 Å². The molecule has 2 rings (SSSR count). The fraction of sp³-hybridized carbons (Fsp3) is 0.538. The van der Waals surface area contributed by atoms with E-state index in [4.69, 9.17) is 4.74 Å². The summed E-state index contributed by atoms with van der Waals surface area (Å²) in [6.07, 6.45) is 2.57. The second-order valence-electron chi connectivity index (χ2n) is 4.61. The number of hydrogen-bond donors (Lipinski definition) is 1. The van der Waals surface area contributed by atoms with Crippen LogP contribution in [0.4, 0.5) is 0 Å². The van der Waals surface area contributed by atoms with Crippen molar-refractivity contribution in [3.63, 3.8) is 0 Å². The van der Waals surface area contributed by atoms with Crippen LogP contribution in [0.15, 0.2) is 12.1 Å². The molecule has 0 bridgehead atoms. The fourth-order valence-electron chi connectivity index (χ4n) is 2.00. The van der Waals surface area contributed by atoms with Gasteiger partial charge >= 0.3 is 0 Å². The Labute approximate surface area is 90.9 Å². The van der Waals surface area contributed by atoms with E-state index in [2.05, 4.69) is 19.1 Å². The molecule has 1 aliphatic carbocycles. The highest BCUT2D eigenvalue weighted by molar-refractivity contribution is 5.46. The molecule has 2 heteroatoms. The number of ether oxygens (including phenoxy) is 1. The molecule has 15 heavy (non-hydrogen) atoms. The van der Waals surface area contributed by atoms with Gasteiger partial charge in [-0.1, -0.05) is 12.1 Å². The first-order valence-corrected chi connectivity index (χ1v) is 5.41. The number of aryl methyl sites for hydroxylation is 2. The molecular formula is C13H18O2. The van der Waals surface area contributed by atoms with E-state index in [0.717, 1.165) is 36.1 Å². The lowest BCUT2D eigenvalue weighted by molar-refractivity contribution is 0.149. The standard InChI is InChI=1S/C13H18O2/c1-9-4-5-10(2)12(15-3)11(9)8-13(14)6-7-13/h4-5,14H,6-8H2,1-3H3. The highest BCUT2D eigenvalue weighted by Gasteiger charge is 2.41. The molecule has 1 fully saturated rings. The quantitative estimate of drug-likeness (QED) is 0.822. The van der Waals surface area contributed by atoms with E-state index in [-0.39, 0.29) is 0 Å². The van der Waals surface area contributed by atoms with Gasteiger partial charge in [-0.05, 0) is 37.8 Å². The Bertz CT molecular complexity index is 378. The zero-order chi connectivity index (χ0) is 11.1. The summed E-state index contributed by atoms with van der Waals surface area (Å²) in [4.78, 5) is 0. The maximum absolute atomic E-state index is 9.96. The number of hydrogen-bond acceptors (Lipinski definition) is 2. The Hall–Kier alpha value is -1.02. The first-order valence-electron chi connectivity index (χ1n) is 5.41. The average molecular weight is 206 g/mol. The first kappa shape index (κ1) is 10.5. The van der Waals surface area contributed by atoms with Gasteiger partial charge in [0.2, 0.25) is 0 Å². The molecule has 0 spiro atoms. The summed E-state index contributed by atoms with van der Waals surface area (Å²) in [7, 11) is 1.70. The van der Waals surface area contributed by atoms with Crippen LogP contribution in [0.25, 0.3) is 0 Å². The molecule has 1 aromatic rings. The normalized spacial score (nSPS) is 17.6. The zero-order valence-corrected chi connectivity index (χ0v) is 9.63. The second-order valence-corrected chi connectivity index (χ2v) is 4.61. The van der Waals surface area contributed by atoms with Gasteiger partial charge in [0.05, 0.1) is 12.7 Å². The lowest BCUT2D eigenvalue weighted by atomic mass is 9.97. The van der Waals surface area contributed by atoms with Crippen LogP contribution in [0.5, 0.6) is 5.75 Å². The molecule has 0 radical (unpaired) electrons. The first-order chi connectivity index (χ1) is 7.06. The zero-order valence-electron chi connectivity index (χ0n) is 9.63. The Morgan fingerprint density at radius 1 is 1.27 bits per heavy atom. The van der Waals surface area contributed by atoms with Gasteiger partial charge in [-0.25, -0.2) is 0 Å². The molecular weight excluding hydrogens is 188 g/mol. The lowest BCUT2D eigenvalue weighted by Crippen LogP contribution is -2.13. The van der Waals surface area contributed by atoms with Crippen LogP contribution >= 0.6 is 0 Å². The van der Waals surface area contributed by atoms with E-state index in [9.17, 15) is 5.11 Å². The molecule has 0 unspecified atom stereocenters. The van der Waals surface area contributed by atoms with Crippen molar-refractivity contribution in [1.29, 1.82) is 0 Å². The summed E-state index contributed by atoms with van der Waals surface area (Å²) in [6.45, 7) is 4.11. The Morgan fingerprint density at radius 2 is 1.87 bits per heavy atom. The van der Waals surface area contributed by atoms with Crippen LogP contribution in [-0.4, -0.2) is 17.8 Å². The summed E-state index contributed by atoms with van der Waals surface area (Å²) in [5.41, 5.74) is 3.06. The van der Waals surface area contributed by atoms with Crippen LogP contribution in [0.3, 0.4) is 0 Å². The van der Waals surface area contributed by atoms with Crippen LogP contribution in [0.2, 0.25) is 0 Å². The van der Waals surface area contributed by atoms with Crippen molar-refractivity contribution in [2.45, 2.75) is 38.7 Å². The summed E-state index contributed by atoms with van der Waals surface area (Å²) in [6, 6.07) is 4.16. The molecule has 82 valence electrons. The van der Waals surface area contributed by atoms with Crippen LogP contribution < -0.4 is 4.74 Å².